The number of fused-ring (bicyclic) bond motifs is 16. The van der Waals surface area contributed by atoms with Crippen molar-refractivity contribution >= 4 is 115 Å². The Morgan fingerprint density at radius 3 is 1.74 bits per heavy atom. The number of aromatic nitrogens is 3. The molecule has 5 aromatic heterocycles. The van der Waals surface area contributed by atoms with Crippen LogP contribution in [0.15, 0.2) is 170 Å². The number of hydrogen-bond acceptors (Lipinski definition) is 2. The van der Waals surface area contributed by atoms with Crippen LogP contribution in [0.4, 0.5) is 17.1 Å². The van der Waals surface area contributed by atoms with Crippen LogP contribution in [0.25, 0.3) is 98.0 Å². The third kappa shape index (κ3) is 3.39. The molecule has 0 atom stereocenters. The molecule has 13 rings (SSSR count). The number of pyridine rings is 1. The second-order valence-corrected chi connectivity index (χ2v) is 14.3. The van der Waals surface area contributed by atoms with Gasteiger partial charge in [0.1, 0.15) is 5.65 Å². The summed E-state index contributed by atoms with van der Waals surface area (Å²) < 4.78 is 4.94. The summed E-state index contributed by atoms with van der Waals surface area (Å²) in [6, 6.07) is 61.8. The molecule has 8 aromatic carbocycles. The summed E-state index contributed by atoms with van der Waals surface area (Å²) in [6.07, 6.45) is 0. The van der Waals surface area contributed by atoms with Crippen molar-refractivity contribution in [3.05, 3.63) is 170 Å². The largest absolute Gasteiger partial charge is 0.308 e. The molecule has 0 saturated carbocycles. The molecule has 0 bridgehead atoms. The number of nitrogens with zero attached hydrogens (tertiary/aromatic N) is 4. The highest BCUT2D eigenvalue weighted by Gasteiger charge is 2.27. The van der Waals surface area contributed by atoms with E-state index in [-0.39, 0.29) is 0 Å². The Morgan fingerprint density at radius 1 is 0.377 bits per heavy atom. The van der Waals surface area contributed by atoms with Crippen molar-refractivity contribution in [1.82, 2.24) is 13.8 Å². The van der Waals surface area contributed by atoms with E-state index < -0.39 is 0 Å². The van der Waals surface area contributed by atoms with E-state index in [1.165, 1.54) is 75.8 Å². The van der Waals surface area contributed by atoms with Gasteiger partial charge in [0.2, 0.25) is 0 Å². The number of hydrogen-bond donors (Lipinski definition) is 0. The molecule has 0 unspecified atom stereocenters. The first-order chi connectivity index (χ1) is 26.3. The third-order valence-electron chi connectivity index (χ3n) is 11.7. The number of benzene rings is 8. The first kappa shape index (κ1) is 27.5. The standard InChI is InChI=1S/C49H28N4/c1-3-15-31(16-4-1)51(32-17-5-2-6-18-32)41-24-12-23-36-35-21-11-22-37-38-28-42-45(50-49(38)53(46(35)37)47(36)41)44-34-20-10-8-14-30(34)27-39-43-33-19-9-7-13-29(33)25-26-40(43)52(42)48(39)44/h1-28H. The minimum Gasteiger partial charge on any atom is -0.308 e. The lowest BCUT2D eigenvalue weighted by Crippen LogP contribution is -2.10. The van der Waals surface area contributed by atoms with Gasteiger partial charge in [0.25, 0.3) is 0 Å². The van der Waals surface area contributed by atoms with Crippen LogP contribution in [-0.2, 0) is 0 Å². The lowest BCUT2D eigenvalue weighted by molar-refractivity contribution is 1.25. The Hall–Kier alpha value is -7.17. The summed E-state index contributed by atoms with van der Waals surface area (Å²) in [7, 11) is 0. The van der Waals surface area contributed by atoms with Gasteiger partial charge in [-0.25, -0.2) is 4.98 Å². The van der Waals surface area contributed by atoms with Gasteiger partial charge < -0.3 is 9.30 Å². The summed E-state index contributed by atoms with van der Waals surface area (Å²) >= 11 is 0. The van der Waals surface area contributed by atoms with E-state index in [0.717, 1.165) is 39.3 Å². The quantitative estimate of drug-likeness (QED) is 0.187. The zero-order valence-electron chi connectivity index (χ0n) is 28.5. The van der Waals surface area contributed by atoms with Crippen LogP contribution in [0.1, 0.15) is 0 Å². The Labute approximate surface area is 302 Å². The molecule has 0 aliphatic carbocycles. The summed E-state index contributed by atoms with van der Waals surface area (Å²) in [5, 5.41) is 13.7. The van der Waals surface area contributed by atoms with Gasteiger partial charge in [-0.3, -0.25) is 4.40 Å². The maximum Gasteiger partial charge on any atom is 0.146 e. The van der Waals surface area contributed by atoms with Crippen LogP contribution in [0.5, 0.6) is 0 Å². The Morgan fingerprint density at radius 2 is 0.981 bits per heavy atom. The fourth-order valence-electron chi connectivity index (χ4n) is 9.60. The maximum absolute atomic E-state index is 5.80. The SMILES string of the molecule is c1ccc(N(c2ccccc2)c2cccc3c4cccc5c6cc7c(nc6n(c23)c54)c2c3ccccc3cc3c4c5ccccc5ccc4n7c32)cc1. The molecule has 0 spiro atoms. The van der Waals surface area contributed by atoms with Gasteiger partial charge in [0.05, 0.1) is 38.8 Å². The molecule has 4 nitrogen and oxygen atoms in total. The predicted octanol–water partition coefficient (Wildman–Crippen LogP) is 13.2. The van der Waals surface area contributed by atoms with Crippen LogP contribution in [0, 0.1) is 0 Å². The zero-order chi connectivity index (χ0) is 34.4. The minimum atomic E-state index is 0.986. The van der Waals surface area contributed by atoms with Gasteiger partial charge in [-0.1, -0.05) is 121 Å². The normalized spacial score (nSPS) is 12.5. The highest BCUT2D eigenvalue weighted by Crippen LogP contribution is 2.48. The smallest absolute Gasteiger partial charge is 0.146 e. The van der Waals surface area contributed by atoms with Crippen molar-refractivity contribution in [3.8, 4) is 0 Å². The van der Waals surface area contributed by atoms with Gasteiger partial charge in [-0.15, -0.1) is 0 Å². The molecular weight excluding hydrogens is 645 g/mol. The van der Waals surface area contributed by atoms with E-state index in [9.17, 15) is 0 Å². The average Bonchev–Trinajstić information content (AvgIpc) is 3.94. The van der Waals surface area contributed by atoms with E-state index in [4.69, 9.17) is 4.98 Å². The number of anilines is 3. The second kappa shape index (κ2) is 9.78. The van der Waals surface area contributed by atoms with Crippen molar-refractivity contribution in [2.24, 2.45) is 0 Å². The molecule has 0 radical (unpaired) electrons. The Kier molecular flexibility index (Phi) is 5.08. The fraction of sp³-hybridized carbons (Fsp3) is 0. The zero-order valence-corrected chi connectivity index (χ0v) is 28.5. The lowest BCUT2D eigenvalue weighted by atomic mass is 9.99. The fourth-order valence-corrected chi connectivity index (χ4v) is 9.60. The lowest BCUT2D eigenvalue weighted by Gasteiger charge is -2.26. The molecular formula is C49H28N4. The molecule has 53 heavy (non-hydrogen) atoms. The van der Waals surface area contributed by atoms with Gasteiger partial charge in [0, 0.05) is 49.1 Å². The van der Waals surface area contributed by atoms with Crippen LogP contribution < -0.4 is 4.90 Å². The maximum atomic E-state index is 5.80. The molecule has 0 amide bonds. The molecule has 0 fully saturated rings. The monoisotopic (exact) mass is 672 g/mol. The number of rotatable bonds is 3. The van der Waals surface area contributed by atoms with Crippen LogP contribution in [0.2, 0.25) is 0 Å². The van der Waals surface area contributed by atoms with Crippen molar-refractivity contribution in [2.45, 2.75) is 0 Å². The first-order valence-corrected chi connectivity index (χ1v) is 18.2. The topological polar surface area (TPSA) is 25.0 Å². The molecule has 13 aromatic rings. The molecule has 0 saturated heterocycles. The highest BCUT2D eigenvalue weighted by atomic mass is 15.2. The molecule has 5 heterocycles. The van der Waals surface area contributed by atoms with Crippen molar-refractivity contribution in [2.75, 3.05) is 4.90 Å². The van der Waals surface area contributed by atoms with Gasteiger partial charge >= 0.3 is 0 Å². The molecule has 0 aliphatic heterocycles. The van der Waals surface area contributed by atoms with Gasteiger partial charge in [-0.2, -0.15) is 0 Å². The average molecular weight is 673 g/mol. The summed E-state index contributed by atoms with van der Waals surface area (Å²) in [5.41, 5.74) is 11.4. The summed E-state index contributed by atoms with van der Waals surface area (Å²) in [5.74, 6) is 0. The van der Waals surface area contributed by atoms with Crippen molar-refractivity contribution in [1.29, 1.82) is 0 Å². The predicted molar refractivity (Wildman–Crippen MR) is 223 cm³/mol. The van der Waals surface area contributed by atoms with Gasteiger partial charge in [0.15, 0.2) is 0 Å². The number of para-hydroxylation sites is 4. The van der Waals surface area contributed by atoms with E-state index >= 15 is 0 Å². The van der Waals surface area contributed by atoms with E-state index in [1.54, 1.807) is 0 Å². The van der Waals surface area contributed by atoms with Crippen molar-refractivity contribution in [3.63, 3.8) is 0 Å². The van der Waals surface area contributed by atoms with Gasteiger partial charge in [-0.05, 0) is 70.1 Å². The summed E-state index contributed by atoms with van der Waals surface area (Å²) in [4.78, 5) is 8.18. The molecule has 4 heteroatoms. The minimum absolute atomic E-state index is 0.986. The van der Waals surface area contributed by atoms with Crippen LogP contribution in [-0.4, -0.2) is 13.8 Å². The first-order valence-electron chi connectivity index (χ1n) is 18.2. The van der Waals surface area contributed by atoms with Crippen molar-refractivity contribution < 1.29 is 0 Å². The molecule has 0 aliphatic rings. The van der Waals surface area contributed by atoms with E-state index in [0.29, 0.717) is 0 Å². The highest BCUT2D eigenvalue weighted by molar-refractivity contribution is 6.35. The Bertz CT molecular complexity index is 3580. The van der Waals surface area contributed by atoms with E-state index in [1.807, 2.05) is 0 Å². The van der Waals surface area contributed by atoms with E-state index in [2.05, 4.69) is 184 Å². The van der Waals surface area contributed by atoms with Crippen LogP contribution in [0.3, 0.4) is 0 Å². The van der Waals surface area contributed by atoms with Crippen LogP contribution >= 0.6 is 0 Å². The summed E-state index contributed by atoms with van der Waals surface area (Å²) in [6.45, 7) is 0. The Balaban J connectivity index is 1.24. The molecule has 0 N–H and O–H groups in total. The third-order valence-corrected chi connectivity index (χ3v) is 11.7. The molecule has 244 valence electrons. The second-order valence-electron chi connectivity index (χ2n) is 14.3.